The van der Waals surface area contributed by atoms with Crippen LogP contribution in [0.25, 0.3) is 0 Å². The maximum atomic E-state index is 8.61. The molecule has 17 heavy (non-hydrogen) atoms. The van der Waals surface area contributed by atoms with Crippen molar-refractivity contribution < 1.29 is 5.21 Å². The fourth-order valence-corrected chi connectivity index (χ4v) is 2.42. The van der Waals surface area contributed by atoms with Crippen LogP contribution in [0.3, 0.4) is 0 Å². The van der Waals surface area contributed by atoms with Gasteiger partial charge in [0.1, 0.15) is 5.84 Å². The molecule has 1 fully saturated rings. The van der Waals surface area contributed by atoms with E-state index in [1.54, 1.807) is 0 Å². The van der Waals surface area contributed by atoms with E-state index in [4.69, 9.17) is 10.9 Å². The Morgan fingerprint density at radius 2 is 2.12 bits per heavy atom. The van der Waals surface area contributed by atoms with Gasteiger partial charge in [-0.15, -0.1) is 0 Å². The normalized spacial score (nSPS) is 22.0. The van der Waals surface area contributed by atoms with Crippen LogP contribution in [0.5, 0.6) is 0 Å². The largest absolute Gasteiger partial charge is 0.409 e. The molecule has 0 aromatic carbocycles. The Bertz CT molecular complexity index is 249. The summed E-state index contributed by atoms with van der Waals surface area (Å²) < 4.78 is 0. The number of likely N-dealkylation sites (tertiary alicyclic amines) is 1. The van der Waals surface area contributed by atoms with E-state index in [1.807, 2.05) is 6.92 Å². The number of nitrogens with zero attached hydrogens (tertiary/aromatic N) is 3. The minimum absolute atomic E-state index is 0.108. The van der Waals surface area contributed by atoms with E-state index in [2.05, 4.69) is 29.1 Å². The lowest BCUT2D eigenvalue weighted by atomic mass is 9.96. The van der Waals surface area contributed by atoms with Crippen molar-refractivity contribution in [1.29, 1.82) is 0 Å². The van der Waals surface area contributed by atoms with E-state index in [1.165, 1.54) is 25.9 Å². The monoisotopic (exact) mass is 242 g/mol. The average molecular weight is 242 g/mol. The lowest BCUT2D eigenvalue weighted by Gasteiger charge is -2.32. The molecule has 3 N–H and O–H groups in total. The van der Waals surface area contributed by atoms with E-state index < -0.39 is 0 Å². The minimum atomic E-state index is 0.108. The third-order valence-electron chi connectivity index (χ3n) is 3.61. The first kappa shape index (κ1) is 14.3. The number of amidine groups is 1. The van der Waals surface area contributed by atoms with Gasteiger partial charge in [0, 0.05) is 19.0 Å². The second-order valence-corrected chi connectivity index (χ2v) is 5.39. The molecule has 0 radical (unpaired) electrons. The second kappa shape index (κ2) is 6.81. The Morgan fingerprint density at radius 1 is 1.53 bits per heavy atom. The van der Waals surface area contributed by atoms with Crippen LogP contribution in [0.15, 0.2) is 5.16 Å². The summed E-state index contributed by atoms with van der Waals surface area (Å²) in [6.07, 6.45) is 2.55. The highest BCUT2D eigenvalue weighted by molar-refractivity contribution is 5.82. The smallest absolute Gasteiger partial charge is 0.143 e. The van der Waals surface area contributed by atoms with Gasteiger partial charge in [0.15, 0.2) is 0 Å². The summed E-state index contributed by atoms with van der Waals surface area (Å²) >= 11 is 0. The van der Waals surface area contributed by atoms with Crippen LogP contribution in [0.1, 0.15) is 19.8 Å². The van der Waals surface area contributed by atoms with Crippen molar-refractivity contribution in [3.63, 3.8) is 0 Å². The highest BCUT2D eigenvalue weighted by Gasteiger charge is 2.19. The summed E-state index contributed by atoms with van der Waals surface area (Å²) in [4.78, 5) is 4.67. The molecule has 1 unspecified atom stereocenters. The quantitative estimate of drug-likeness (QED) is 0.321. The molecule has 1 aliphatic rings. The molecule has 0 aliphatic carbocycles. The number of nitrogens with two attached hydrogens (primary N) is 1. The van der Waals surface area contributed by atoms with E-state index in [9.17, 15) is 0 Å². The topological polar surface area (TPSA) is 65.1 Å². The lowest BCUT2D eigenvalue weighted by molar-refractivity contribution is 0.172. The first-order valence-corrected chi connectivity index (χ1v) is 6.37. The van der Waals surface area contributed by atoms with Crippen LogP contribution in [-0.2, 0) is 0 Å². The van der Waals surface area contributed by atoms with Gasteiger partial charge in [0.05, 0.1) is 0 Å². The molecule has 1 saturated heterocycles. The molecule has 1 atom stereocenters. The molecule has 1 heterocycles. The van der Waals surface area contributed by atoms with Crippen molar-refractivity contribution in [3.05, 3.63) is 0 Å². The SMILES string of the molecule is CC(CN(C)CC1CCN(C)CC1)C(N)=NO. The Hall–Kier alpha value is -0.810. The highest BCUT2D eigenvalue weighted by Crippen LogP contribution is 2.17. The predicted octanol–water partition coefficient (Wildman–Crippen LogP) is 0.643. The Balaban J connectivity index is 2.27. The third kappa shape index (κ3) is 4.91. The highest BCUT2D eigenvalue weighted by atomic mass is 16.4. The van der Waals surface area contributed by atoms with Crippen molar-refractivity contribution >= 4 is 5.84 Å². The number of rotatable bonds is 5. The van der Waals surface area contributed by atoms with Crippen LogP contribution < -0.4 is 5.73 Å². The Labute approximate surface area is 104 Å². The fourth-order valence-electron chi connectivity index (χ4n) is 2.42. The van der Waals surface area contributed by atoms with Gasteiger partial charge in [0.25, 0.3) is 0 Å². The van der Waals surface area contributed by atoms with Gasteiger partial charge < -0.3 is 20.7 Å². The van der Waals surface area contributed by atoms with Crippen LogP contribution >= 0.6 is 0 Å². The summed E-state index contributed by atoms with van der Waals surface area (Å²) in [7, 11) is 4.29. The van der Waals surface area contributed by atoms with Crippen LogP contribution in [0.2, 0.25) is 0 Å². The van der Waals surface area contributed by atoms with E-state index in [0.29, 0.717) is 5.84 Å². The Kier molecular flexibility index (Phi) is 5.71. The van der Waals surface area contributed by atoms with Crippen molar-refractivity contribution in [2.45, 2.75) is 19.8 Å². The third-order valence-corrected chi connectivity index (χ3v) is 3.61. The first-order chi connectivity index (χ1) is 8.02. The van der Waals surface area contributed by atoms with Crippen molar-refractivity contribution in [1.82, 2.24) is 9.80 Å². The molecule has 0 amide bonds. The van der Waals surface area contributed by atoms with E-state index >= 15 is 0 Å². The predicted molar refractivity (Wildman–Crippen MR) is 70.3 cm³/mol. The van der Waals surface area contributed by atoms with E-state index in [0.717, 1.165) is 19.0 Å². The standard InChI is InChI=1S/C12H26N4O/c1-10(12(13)14-17)8-16(3)9-11-4-6-15(2)7-5-11/h10-11,17H,4-9H2,1-3H3,(H2,13,14). The molecule has 1 aliphatic heterocycles. The number of piperidine rings is 1. The van der Waals surface area contributed by atoms with Crippen LogP contribution in [0.4, 0.5) is 0 Å². The average Bonchev–Trinajstić information content (AvgIpc) is 2.30. The van der Waals surface area contributed by atoms with Gasteiger partial charge in [-0.05, 0) is 45.9 Å². The summed E-state index contributed by atoms with van der Waals surface area (Å²) in [6.45, 7) is 6.35. The zero-order valence-corrected chi connectivity index (χ0v) is 11.3. The number of hydrogen-bond acceptors (Lipinski definition) is 4. The summed E-state index contributed by atoms with van der Waals surface area (Å²) in [5, 5.41) is 11.7. The molecule has 0 spiro atoms. The van der Waals surface area contributed by atoms with Gasteiger partial charge in [0.2, 0.25) is 0 Å². The van der Waals surface area contributed by atoms with Crippen molar-refractivity contribution in [2.75, 3.05) is 40.3 Å². The number of oxime groups is 1. The van der Waals surface area contributed by atoms with Crippen molar-refractivity contribution in [2.24, 2.45) is 22.7 Å². The molecule has 5 nitrogen and oxygen atoms in total. The lowest BCUT2D eigenvalue weighted by Crippen LogP contribution is -2.38. The van der Waals surface area contributed by atoms with Gasteiger partial charge >= 0.3 is 0 Å². The first-order valence-electron chi connectivity index (χ1n) is 6.37. The van der Waals surface area contributed by atoms with Gasteiger partial charge in [-0.3, -0.25) is 0 Å². The molecule has 1 rings (SSSR count). The fraction of sp³-hybridized carbons (Fsp3) is 0.917. The summed E-state index contributed by atoms with van der Waals surface area (Å²) in [5.74, 6) is 1.21. The van der Waals surface area contributed by atoms with Crippen LogP contribution in [-0.4, -0.2) is 61.1 Å². The van der Waals surface area contributed by atoms with Gasteiger partial charge in [-0.25, -0.2) is 0 Å². The molecular weight excluding hydrogens is 216 g/mol. The van der Waals surface area contributed by atoms with Crippen molar-refractivity contribution in [3.8, 4) is 0 Å². The van der Waals surface area contributed by atoms with Gasteiger partial charge in [-0.2, -0.15) is 0 Å². The summed E-state index contributed by atoms with van der Waals surface area (Å²) in [5.41, 5.74) is 5.58. The molecular formula is C12H26N4O. The van der Waals surface area contributed by atoms with Gasteiger partial charge in [-0.1, -0.05) is 12.1 Å². The zero-order chi connectivity index (χ0) is 12.8. The van der Waals surface area contributed by atoms with E-state index in [-0.39, 0.29) is 5.92 Å². The second-order valence-electron chi connectivity index (χ2n) is 5.39. The maximum Gasteiger partial charge on any atom is 0.143 e. The maximum absolute atomic E-state index is 8.61. The summed E-state index contributed by atoms with van der Waals surface area (Å²) in [6, 6.07) is 0. The molecule has 0 aromatic rings. The minimum Gasteiger partial charge on any atom is -0.409 e. The molecule has 5 heteroatoms. The van der Waals surface area contributed by atoms with Crippen LogP contribution in [0, 0.1) is 11.8 Å². The molecule has 0 saturated carbocycles. The molecule has 0 aromatic heterocycles. The zero-order valence-electron chi connectivity index (χ0n) is 11.3. The molecule has 0 bridgehead atoms. The Morgan fingerprint density at radius 3 is 2.65 bits per heavy atom. The molecule has 100 valence electrons. The number of hydrogen-bond donors (Lipinski definition) is 2.